The van der Waals surface area contributed by atoms with Crippen LogP contribution in [0.25, 0.3) is 33.2 Å². The van der Waals surface area contributed by atoms with E-state index in [1.807, 2.05) is 17.8 Å². The molecule has 2 heteroatoms. The van der Waals surface area contributed by atoms with Gasteiger partial charge >= 0.3 is 0 Å². The van der Waals surface area contributed by atoms with Crippen LogP contribution in [0.3, 0.4) is 0 Å². The van der Waals surface area contributed by atoms with Crippen LogP contribution in [0.1, 0.15) is 45.0 Å². The van der Waals surface area contributed by atoms with Crippen molar-refractivity contribution in [2.75, 3.05) is 0 Å². The van der Waals surface area contributed by atoms with Gasteiger partial charge in [-0.2, -0.15) is 0 Å². The van der Waals surface area contributed by atoms with Gasteiger partial charge in [0.1, 0.15) is 0 Å². The van der Waals surface area contributed by atoms with Crippen molar-refractivity contribution in [1.29, 1.82) is 0 Å². The van der Waals surface area contributed by atoms with Crippen molar-refractivity contribution < 1.29 is 0 Å². The van der Waals surface area contributed by atoms with Crippen LogP contribution in [-0.2, 0) is 5.41 Å². The third-order valence-corrected chi connectivity index (χ3v) is 11.9. The Kier molecular flexibility index (Phi) is 6.62. The Labute approximate surface area is 297 Å². The fourth-order valence-electron chi connectivity index (χ4n) is 8.65. The zero-order valence-corrected chi connectivity index (χ0v) is 28.3. The van der Waals surface area contributed by atoms with E-state index in [0.29, 0.717) is 0 Å². The highest BCUT2D eigenvalue weighted by Gasteiger charge is 2.50. The van der Waals surface area contributed by atoms with Gasteiger partial charge in [0.15, 0.2) is 0 Å². The molecule has 0 bridgehead atoms. The molecule has 2 unspecified atom stereocenters. The molecular formula is C48H33NS. The minimum Gasteiger partial charge on any atom is -0.374 e. The summed E-state index contributed by atoms with van der Waals surface area (Å²) >= 11 is 1.89. The lowest BCUT2D eigenvalue weighted by molar-refractivity contribution is 0.722. The highest BCUT2D eigenvalue weighted by Crippen LogP contribution is 2.63. The van der Waals surface area contributed by atoms with E-state index in [-0.39, 0.29) is 6.04 Å². The molecule has 1 spiro atoms. The summed E-state index contributed by atoms with van der Waals surface area (Å²) in [6.45, 7) is 4.34. The summed E-state index contributed by atoms with van der Waals surface area (Å²) in [5.41, 5.74) is 14.7. The molecule has 1 aliphatic carbocycles. The molecule has 0 saturated carbocycles. The van der Waals surface area contributed by atoms with Crippen LogP contribution in [0.15, 0.2) is 198 Å². The Bertz CT molecular complexity index is 2560. The van der Waals surface area contributed by atoms with Gasteiger partial charge in [-0.3, -0.25) is 0 Å². The summed E-state index contributed by atoms with van der Waals surface area (Å²) in [5, 5.41) is 6.45. The van der Waals surface area contributed by atoms with Gasteiger partial charge in [-0.1, -0.05) is 176 Å². The fraction of sp³-hybridized carbons (Fsp3) is 0.0417. The van der Waals surface area contributed by atoms with Crippen molar-refractivity contribution in [2.24, 2.45) is 0 Å². The summed E-state index contributed by atoms with van der Waals surface area (Å²) < 4.78 is 0. The van der Waals surface area contributed by atoms with E-state index in [1.54, 1.807) is 0 Å². The van der Waals surface area contributed by atoms with Crippen molar-refractivity contribution in [3.63, 3.8) is 0 Å². The Morgan fingerprint density at radius 1 is 0.580 bits per heavy atom. The van der Waals surface area contributed by atoms with Crippen LogP contribution in [0, 0.1) is 0 Å². The van der Waals surface area contributed by atoms with Crippen molar-refractivity contribution in [2.45, 2.75) is 21.2 Å². The Balaban J connectivity index is 1.23. The van der Waals surface area contributed by atoms with Crippen LogP contribution >= 0.6 is 11.8 Å². The molecule has 0 fully saturated rings. The maximum Gasteiger partial charge on any atom is 0.0735 e. The normalized spacial score (nSPS) is 18.5. The topological polar surface area (TPSA) is 12.0 Å². The third kappa shape index (κ3) is 4.15. The first kappa shape index (κ1) is 29.1. The minimum absolute atomic E-state index is 0.0164. The number of hydrogen-bond acceptors (Lipinski definition) is 2. The van der Waals surface area contributed by atoms with E-state index in [4.69, 9.17) is 0 Å². The molecule has 0 saturated heterocycles. The number of dihydropyridines is 1. The zero-order chi connectivity index (χ0) is 33.2. The molecule has 0 amide bonds. The van der Waals surface area contributed by atoms with E-state index in [1.165, 1.54) is 70.6 Å². The van der Waals surface area contributed by atoms with Crippen LogP contribution < -0.4 is 5.32 Å². The van der Waals surface area contributed by atoms with Crippen LogP contribution in [0.2, 0.25) is 0 Å². The summed E-state index contributed by atoms with van der Waals surface area (Å²) in [7, 11) is 0. The van der Waals surface area contributed by atoms with Gasteiger partial charge in [0.25, 0.3) is 0 Å². The van der Waals surface area contributed by atoms with E-state index in [2.05, 4.69) is 182 Å². The highest BCUT2D eigenvalue weighted by atomic mass is 32.2. The first-order chi connectivity index (χ1) is 24.8. The molecule has 1 N–H and O–H groups in total. The Morgan fingerprint density at radius 2 is 1.26 bits per heavy atom. The van der Waals surface area contributed by atoms with Gasteiger partial charge in [-0.15, -0.1) is 0 Å². The number of allylic oxidation sites excluding steroid dienone is 3. The maximum absolute atomic E-state index is 4.34. The van der Waals surface area contributed by atoms with Gasteiger partial charge in [0, 0.05) is 15.4 Å². The standard InChI is InChI=1S/C48H33NS/c1-2-35-38(30-43(32-16-5-3-6-17-32)49-47(35)33-18-7-4-8-19-33)34-26-27-41-45(29-34)50-44-24-14-13-23-40(44)48(41)39-22-12-11-21-37(39)46-36-20-10-9-15-31(36)25-28-42(46)48/h2-30,43,49H,1H2. The second kappa shape index (κ2) is 11.4. The van der Waals surface area contributed by atoms with Gasteiger partial charge in [0.2, 0.25) is 0 Å². The van der Waals surface area contributed by atoms with E-state index < -0.39 is 5.41 Å². The minimum atomic E-state index is -0.424. The molecule has 10 rings (SSSR count). The molecule has 3 aliphatic rings. The third-order valence-electron chi connectivity index (χ3n) is 10.8. The van der Waals surface area contributed by atoms with Gasteiger partial charge in [0.05, 0.1) is 17.2 Å². The number of benzene rings is 7. The molecule has 1 nitrogen and oxygen atoms in total. The molecule has 236 valence electrons. The Hall–Kier alpha value is -5.83. The Morgan fingerprint density at radius 3 is 2.10 bits per heavy atom. The smallest absolute Gasteiger partial charge is 0.0735 e. The van der Waals surface area contributed by atoms with Gasteiger partial charge < -0.3 is 5.32 Å². The van der Waals surface area contributed by atoms with E-state index >= 15 is 0 Å². The average Bonchev–Trinajstić information content (AvgIpc) is 3.49. The van der Waals surface area contributed by atoms with Crippen LogP contribution in [0.4, 0.5) is 0 Å². The molecule has 7 aromatic rings. The lowest BCUT2D eigenvalue weighted by Gasteiger charge is -2.40. The summed E-state index contributed by atoms with van der Waals surface area (Å²) in [4.78, 5) is 2.59. The second-order valence-corrected chi connectivity index (χ2v) is 14.4. The second-order valence-electron chi connectivity index (χ2n) is 13.3. The fourth-order valence-corrected chi connectivity index (χ4v) is 9.89. The summed E-state index contributed by atoms with van der Waals surface area (Å²) in [5.74, 6) is 0. The first-order valence-electron chi connectivity index (χ1n) is 17.3. The van der Waals surface area contributed by atoms with Crippen molar-refractivity contribution >= 4 is 33.8 Å². The first-order valence-corrected chi connectivity index (χ1v) is 18.1. The molecule has 0 aromatic heterocycles. The molecule has 50 heavy (non-hydrogen) atoms. The van der Waals surface area contributed by atoms with Crippen molar-refractivity contribution in [3.05, 3.63) is 227 Å². The summed E-state index contributed by atoms with van der Waals surface area (Å²) in [6.07, 6.45) is 4.39. The lowest BCUT2D eigenvalue weighted by Crippen LogP contribution is -2.32. The maximum atomic E-state index is 4.34. The highest BCUT2D eigenvalue weighted by molar-refractivity contribution is 7.99. The largest absolute Gasteiger partial charge is 0.374 e. The van der Waals surface area contributed by atoms with E-state index in [0.717, 1.165) is 16.8 Å². The van der Waals surface area contributed by atoms with Crippen LogP contribution in [0.5, 0.6) is 0 Å². The number of hydrogen-bond donors (Lipinski definition) is 1. The molecule has 7 aromatic carbocycles. The van der Waals surface area contributed by atoms with Crippen molar-refractivity contribution in [1.82, 2.24) is 5.32 Å². The summed E-state index contributed by atoms with van der Waals surface area (Å²) in [6, 6.07) is 60.3. The predicted octanol–water partition coefficient (Wildman–Crippen LogP) is 12.0. The monoisotopic (exact) mass is 655 g/mol. The van der Waals surface area contributed by atoms with Crippen LogP contribution in [-0.4, -0.2) is 0 Å². The molecule has 2 atom stereocenters. The van der Waals surface area contributed by atoms with Crippen molar-refractivity contribution in [3.8, 4) is 11.1 Å². The average molecular weight is 656 g/mol. The quantitative estimate of drug-likeness (QED) is 0.202. The zero-order valence-electron chi connectivity index (χ0n) is 27.4. The molecule has 2 heterocycles. The number of nitrogens with one attached hydrogen (secondary N) is 1. The van der Waals surface area contributed by atoms with E-state index in [9.17, 15) is 0 Å². The number of rotatable bonds is 4. The SMILES string of the molecule is C=CC1=C(c2ccccc2)NC(c2ccccc2)C=C1c1ccc2c(c1)Sc1ccccc1C21c2ccccc2-c2c1ccc1ccccc21. The number of fused-ring (bicyclic) bond motifs is 11. The lowest BCUT2D eigenvalue weighted by atomic mass is 9.67. The predicted molar refractivity (Wildman–Crippen MR) is 209 cm³/mol. The molecule has 2 aliphatic heterocycles. The molecule has 0 radical (unpaired) electrons. The van der Waals surface area contributed by atoms with Gasteiger partial charge in [-0.25, -0.2) is 0 Å². The molecular weight excluding hydrogens is 623 g/mol. The van der Waals surface area contributed by atoms with Gasteiger partial charge in [-0.05, 0) is 84.6 Å².